The lowest BCUT2D eigenvalue weighted by atomic mass is 10.0. The number of rotatable bonds is 6. The van der Waals surface area contributed by atoms with E-state index in [4.69, 9.17) is 10.00 Å². The van der Waals surface area contributed by atoms with Crippen molar-refractivity contribution in [3.63, 3.8) is 0 Å². The minimum absolute atomic E-state index is 0.0962. The van der Waals surface area contributed by atoms with Gasteiger partial charge in [-0.1, -0.05) is 0 Å². The van der Waals surface area contributed by atoms with Crippen LogP contribution < -0.4 is 4.74 Å². The summed E-state index contributed by atoms with van der Waals surface area (Å²) in [5, 5.41) is 19.2. The summed E-state index contributed by atoms with van der Waals surface area (Å²) in [4.78, 5) is 16.8. The zero-order chi connectivity index (χ0) is 19.6. The summed E-state index contributed by atoms with van der Waals surface area (Å²) in [6.07, 6.45) is 2.81. The van der Waals surface area contributed by atoms with E-state index in [1.807, 2.05) is 6.07 Å². The summed E-state index contributed by atoms with van der Waals surface area (Å²) in [6.45, 7) is 1.05. The van der Waals surface area contributed by atoms with Crippen LogP contribution in [0.3, 0.4) is 0 Å². The zero-order valence-electron chi connectivity index (χ0n) is 14.8. The number of benzene rings is 1. The maximum absolute atomic E-state index is 12.0. The Kier molecular flexibility index (Phi) is 5.36. The van der Waals surface area contributed by atoms with Gasteiger partial charge in [-0.25, -0.2) is 8.42 Å². The molecule has 0 saturated carbocycles. The molecule has 1 atom stereocenters. The van der Waals surface area contributed by atoms with Crippen LogP contribution in [0.2, 0.25) is 0 Å². The first-order valence-corrected chi connectivity index (χ1v) is 10.2. The van der Waals surface area contributed by atoms with Crippen LogP contribution in [-0.2, 0) is 14.8 Å². The summed E-state index contributed by atoms with van der Waals surface area (Å²) in [7, 11) is -3.29. The molecule has 10 heteroatoms. The van der Waals surface area contributed by atoms with Gasteiger partial charge in [0, 0.05) is 48.8 Å². The summed E-state index contributed by atoms with van der Waals surface area (Å²) in [6, 6.07) is 6.17. The Balaban J connectivity index is 1.90. The van der Waals surface area contributed by atoms with Crippen LogP contribution in [0.4, 0.5) is 0 Å². The SMILES string of the molecule is CS(=O)(=O)N1CCN([C@@H](C(=O)O)c2c[nH]c3ccc(OCC#N)cc23)CC1. The Labute approximate surface area is 156 Å². The number of fused-ring (bicyclic) bond motifs is 1. The van der Waals surface area contributed by atoms with Gasteiger partial charge in [-0.3, -0.25) is 9.69 Å². The lowest BCUT2D eigenvalue weighted by Gasteiger charge is -2.36. The molecule has 1 aromatic heterocycles. The van der Waals surface area contributed by atoms with Crippen LogP contribution >= 0.6 is 0 Å². The van der Waals surface area contributed by atoms with E-state index in [-0.39, 0.29) is 19.7 Å². The van der Waals surface area contributed by atoms with Crippen LogP contribution in [-0.4, -0.2) is 72.7 Å². The van der Waals surface area contributed by atoms with E-state index in [0.29, 0.717) is 29.8 Å². The highest BCUT2D eigenvalue weighted by Crippen LogP contribution is 2.32. The fourth-order valence-corrected chi connectivity index (χ4v) is 4.16. The molecule has 2 heterocycles. The number of carbonyl (C=O) groups is 1. The number of piperazine rings is 1. The Hall–Kier alpha value is -2.61. The van der Waals surface area contributed by atoms with Crippen molar-refractivity contribution in [3.8, 4) is 11.8 Å². The maximum atomic E-state index is 12.0. The van der Waals surface area contributed by atoms with Crippen molar-refractivity contribution in [3.05, 3.63) is 30.0 Å². The van der Waals surface area contributed by atoms with E-state index in [9.17, 15) is 18.3 Å². The van der Waals surface area contributed by atoms with Crippen molar-refractivity contribution in [2.24, 2.45) is 0 Å². The smallest absolute Gasteiger partial charge is 0.325 e. The molecule has 1 aliphatic heterocycles. The van der Waals surface area contributed by atoms with E-state index in [1.54, 1.807) is 29.3 Å². The molecule has 0 unspecified atom stereocenters. The number of hydrogen-bond acceptors (Lipinski definition) is 6. The minimum Gasteiger partial charge on any atom is -0.480 e. The second-order valence-corrected chi connectivity index (χ2v) is 8.32. The first kappa shape index (κ1) is 19.2. The number of aromatic amines is 1. The molecular formula is C17H20N4O5S. The second kappa shape index (κ2) is 7.56. The summed E-state index contributed by atoms with van der Waals surface area (Å²) in [5.74, 6) is -0.525. The molecule has 1 fully saturated rings. The third-order valence-corrected chi connectivity index (χ3v) is 5.93. The molecular weight excluding hydrogens is 372 g/mol. The van der Waals surface area contributed by atoms with Crippen LogP contribution in [0.5, 0.6) is 5.75 Å². The van der Waals surface area contributed by atoms with Crippen molar-refractivity contribution in [2.45, 2.75) is 6.04 Å². The first-order chi connectivity index (χ1) is 12.8. The zero-order valence-corrected chi connectivity index (χ0v) is 15.6. The van der Waals surface area contributed by atoms with E-state index >= 15 is 0 Å². The molecule has 144 valence electrons. The number of H-pyrrole nitrogens is 1. The predicted octanol–water partition coefficient (Wildman–Crippen LogP) is 0.773. The molecule has 27 heavy (non-hydrogen) atoms. The number of carboxylic acid groups (broad SMARTS) is 1. The van der Waals surface area contributed by atoms with Crippen molar-refractivity contribution in [1.82, 2.24) is 14.2 Å². The summed E-state index contributed by atoms with van der Waals surface area (Å²) >= 11 is 0. The van der Waals surface area contributed by atoms with Crippen LogP contribution in [0.15, 0.2) is 24.4 Å². The lowest BCUT2D eigenvalue weighted by Crippen LogP contribution is -2.50. The van der Waals surface area contributed by atoms with Crippen LogP contribution in [0.1, 0.15) is 11.6 Å². The molecule has 2 aromatic rings. The summed E-state index contributed by atoms with van der Waals surface area (Å²) < 4.78 is 30.0. The third kappa shape index (κ3) is 4.05. The van der Waals surface area contributed by atoms with Gasteiger partial charge in [-0.2, -0.15) is 9.57 Å². The number of carboxylic acids is 1. The van der Waals surface area contributed by atoms with Gasteiger partial charge in [-0.05, 0) is 18.2 Å². The molecule has 0 amide bonds. The van der Waals surface area contributed by atoms with E-state index < -0.39 is 22.0 Å². The minimum atomic E-state index is -3.29. The van der Waals surface area contributed by atoms with Crippen molar-refractivity contribution in [2.75, 3.05) is 39.0 Å². The van der Waals surface area contributed by atoms with Crippen LogP contribution in [0, 0.1) is 11.3 Å². The normalized spacial score (nSPS) is 17.5. The number of aromatic nitrogens is 1. The topological polar surface area (TPSA) is 127 Å². The molecule has 0 radical (unpaired) electrons. The van der Waals surface area contributed by atoms with Gasteiger partial charge in [0.1, 0.15) is 17.9 Å². The average molecular weight is 392 g/mol. The van der Waals surface area contributed by atoms with Crippen molar-refractivity contribution in [1.29, 1.82) is 5.26 Å². The van der Waals surface area contributed by atoms with E-state index in [1.165, 1.54) is 4.31 Å². The molecule has 1 saturated heterocycles. The van der Waals surface area contributed by atoms with Gasteiger partial charge in [0.15, 0.2) is 6.61 Å². The molecule has 0 aliphatic carbocycles. The van der Waals surface area contributed by atoms with Gasteiger partial charge in [0.05, 0.1) is 6.26 Å². The number of hydrogen-bond donors (Lipinski definition) is 2. The van der Waals surface area contributed by atoms with Gasteiger partial charge in [-0.15, -0.1) is 0 Å². The monoisotopic (exact) mass is 392 g/mol. The Morgan fingerprint density at radius 1 is 1.37 bits per heavy atom. The number of nitrogens with zero attached hydrogens (tertiary/aromatic N) is 3. The number of nitriles is 1. The molecule has 0 bridgehead atoms. The van der Waals surface area contributed by atoms with Crippen molar-refractivity contribution >= 4 is 26.9 Å². The van der Waals surface area contributed by atoms with Gasteiger partial charge < -0.3 is 14.8 Å². The highest BCUT2D eigenvalue weighted by atomic mass is 32.2. The number of ether oxygens (including phenoxy) is 1. The second-order valence-electron chi connectivity index (χ2n) is 6.34. The van der Waals surface area contributed by atoms with E-state index in [0.717, 1.165) is 11.8 Å². The molecule has 3 rings (SSSR count). The molecule has 0 spiro atoms. The van der Waals surface area contributed by atoms with Crippen LogP contribution in [0.25, 0.3) is 10.9 Å². The Morgan fingerprint density at radius 3 is 2.67 bits per heavy atom. The quantitative estimate of drug-likeness (QED) is 0.743. The van der Waals surface area contributed by atoms with E-state index in [2.05, 4.69) is 4.98 Å². The van der Waals surface area contributed by atoms with Gasteiger partial charge in [0.25, 0.3) is 0 Å². The predicted molar refractivity (Wildman–Crippen MR) is 97.8 cm³/mol. The third-order valence-electron chi connectivity index (χ3n) is 4.62. The Morgan fingerprint density at radius 2 is 2.07 bits per heavy atom. The highest BCUT2D eigenvalue weighted by molar-refractivity contribution is 7.88. The summed E-state index contributed by atoms with van der Waals surface area (Å²) in [5.41, 5.74) is 1.34. The fourth-order valence-electron chi connectivity index (χ4n) is 3.33. The number of nitrogens with one attached hydrogen (secondary N) is 1. The van der Waals surface area contributed by atoms with Crippen molar-refractivity contribution < 1.29 is 23.1 Å². The largest absolute Gasteiger partial charge is 0.480 e. The fraction of sp³-hybridized carbons (Fsp3) is 0.412. The Bertz CT molecular complexity index is 986. The van der Waals surface area contributed by atoms with Gasteiger partial charge >= 0.3 is 5.97 Å². The van der Waals surface area contributed by atoms with Gasteiger partial charge in [0.2, 0.25) is 10.0 Å². The maximum Gasteiger partial charge on any atom is 0.325 e. The highest BCUT2D eigenvalue weighted by Gasteiger charge is 2.33. The standard InChI is InChI=1S/C17H20N4O5S/c1-27(24,25)21-7-5-20(6-8-21)16(17(22)23)14-11-19-15-3-2-12(10-13(14)15)26-9-4-18/h2-3,10-11,16,19H,5-9H2,1H3,(H,22,23)/t16-/m1/s1. The molecule has 2 N–H and O–H groups in total. The lowest BCUT2D eigenvalue weighted by molar-refractivity contribution is -0.144. The number of sulfonamides is 1. The molecule has 9 nitrogen and oxygen atoms in total. The average Bonchev–Trinajstić information content (AvgIpc) is 3.02. The molecule has 1 aromatic carbocycles. The number of aliphatic carboxylic acids is 1. The first-order valence-electron chi connectivity index (χ1n) is 8.34. The molecule has 1 aliphatic rings.